The lowest BCUT2D eigenvalue weighted by Crippen LogP contribution is -2.26. The molecule has 1 aliphatic heterocycles. The van der Waals surface area contributed by atoms with Crippen LogP contribution in [-0.4, -0.2) is 40.2 Å². The van der Waals surface area contributed by atoms with Gasteiger partial charge in [0.15, 0.2) is 16.7 Å². The topological polar surface area (TPSA) is 110 Å². The first-order valence-electron chi connectivity index (χ1n) is 9.39. The highest BCUT2D eigenvalue weighted by Gasteiger charge is 2.32. The van der Waals surface area contributed by atoms with E-state index in [1.165, 1.54) is 6.21 Å². The highest BCUT2D eigenvalue weighted by Crippen LogP contribution is 2.30. The Balaban J connectivity index is 1.67. The predicted octanol–water partition coefficient (Wildman–Crippen LogP) is 3.71. The van der Waals surface area contributed by atoms with Gasteiger partial charge in [-0.2, -0.15) is 5.10 Å². The number of hydrogen-bond donors (Lipinski definition) is 2. The molecule has 10 heteroatoms. The number of halogens is 1. The number of nitrogens with one attached hydrogen (secondary N) is 1. The third kappa shape index (κ3) is 6.47. The zero-order chi connectivity index (χ0) is 22.2. The highest BCUT2D eigenvalue weighted by molar-refractivity contribution is 8.15. The van der Waals surface area contributed by atoms with Crippen molar-refractivity contribution in [3.05, 3.63) is 58.6 Å². The van der Waals surface area contributed by atoms with Gasteiger partial charge in [0.25, 0.3) is 0 Å². The molecule has 1 saturated heterocycles. The summed E-state index contributed by atoms with van der Waals surface area (Å²) in [5.41, 5.74) is 1.58. The lowest BCUT2D eigenvalue weighted by atomic mass is 10.2. The first-order chi connectivity index (χ1) is 15.0. The molecule has 1 amide bonds. The fourth-order valence-electron chi connectivity index (χ4n) is 2.66. The minimum atomic E-state index is -1.04. The molecule has 1 unspecified atom stereocenters. The van der Waals surface area contributed by atoms with Crippen LogP contribution in [0.4, 0.5) is 0 Å². The number of thioether (sulfide) groups is 1. The molecule has 0 radical (unpaired) electrons. The number of aliphatic carboxylic acids is 1. The monoisotopic (exact) mass is 461 g/mol. The third-order valence-electron chi connectivity index (χ3n) is 4.10. The largest absolute Gasteiger partial charge is 0.490 e. The summed E-state index contributed by atoms with van der Waals surface area (Å²) in [5.74, 6) is -0.311. The second-order valence-electron chi connectivity index (χ2n) is 6.36. The number of carbonyl (C=O) groups excluding carboxylic acids is 1. The number of amides is 1. The van der Waals surface area contributed by atoms with E-state index in [1.54, 1.807) is 24.3 Å². The van der Waals surface area contributed by atoms with Gasteiger partial charge in [-0.05, 0) is 36.8 Å². The molecule has 162 valence electrons. The predicted molar refractivity (Wildman–Crippen MR) is 120 cm³/mol. The normalized spacial score (nSPS) is 17.2. The van der Waals surface area contributed by atoms with Crippen LogP contribution in [0.2, 0.25) is 5.02 Å². The van der Waals surface area contributed by atoms with Gasteiger partial charge in [0.2, 0.25) is 5.91 Å². The van der Waals surface area contributed by atoms with Gasteiger partial charge in [-0.3, -0.25) is 9.59 Å². The SMILES string of the molecule is CCOc1cc(C=N/N=C2/NC(=O)C(CC(=O)O)S2)ccc1OCc1ccccc1Cl. The van der Waals surface area contributed by atoms with Crippen LogP contribution in [0.25, 0.3) is 0 Å². The van der Waals surface area contributed by atoms with Crippen molar-refractivity contribution in [1.82, 2.24) is 5.32 Å². The lowest BCUT2D eigenvalue weighted by molar-refractivity contribution is -0.138. The lowest BCUT2D eigenvalue weighted by Gasteiger charge is -2.13. The van der Waals surface area contributed by atoms with Crippen LogP contribution in [-0.2, 0) is 16.2 Å². The van der Waals surface area contributed by atoms with E-state index in [0.29, 0.717) is 35.3 Å². The van der Waals surface area contributed by atoms with E-state index in [9.17, 15) is 9.59 Å². The summed E-state index contributed by atoms with van der Waals surface area (Å²) in [6.45, 7) is 2.63. The molecule has 8 nitrogen and oxygen atoms in total. The van der Waals surface area contributed by atoms with E-state index in [-0.39, 0.29) is 17.5 Å². The van der Waals surface area contributed by atoms with Crippen LogP contribution in [0.5, 0.6) is 11.5 Å². The van der Waals surface area contributed by atoms with E-state index in [1.807, 2.05) is 25.1 Å². The molecule has 1 heterocycles. The Kier molecular flexibility index (Phi) is 7.91. The number of carboxylic acids is 1. The summed E-state index contributed by atoms with van der Waals surface area (Å²) < 4.78 is 11.5. The van der Waals surface area contributed by atoms with Gasteiger partial charge in [0.05, 0.1) is 19.2 Å². The Morgan fingerprint density at radius 3 is 2.81 bits per heavy atom. The van der Waals surface area contributed by atoms with Crippen molar-refractivity contribution in [2.24, 2.45) is 10.2 Å². The Morgan fingerprint density at radius 2 is 2.06 bits per heavy atom. The number of amidine groups is 1. The van der Waals surface area contributed by atoms with E-state index in [4.69, 9.17) is 26.2 Å². The maximum absolute atomic E-state index is 11.7. The number of nitrogens with zero attached hydrogens (tertiary/aromatic N) is 2. The van der Waals surface area contributed by atoms with Crippen LogP contribution >= 0.6 is 23.4 Å². The quantitative estimate of drug-likeness (QED) is 0.435. The first kappa shape index (κ1) is 22.6. The molecule has 0 bridgehead atoms. The van der Waals surface area contributed by atoms with Gasteiger partial charge in [0.1, 0.15) is 11.9 Å². The second-order valence-corrected chi connectivity index (χ2v) is 7.96. The summed E-state index contributed by atoms with van der Waals surface area (Å²) >= 11 is 7.21. The summed E-state index contributed by atoms with van der Waals surface area (Å²) in [5, 5.41) is 19.4. The zero-order valence-electron chi connectivity index (χ0n) is 16.6. The third-order valence-corrected chi connectivity index (χ3v) is 5.54. The molecule has 0 aromatic heterocycles. The maximum Gasteiger partial charge on any atom is 0.305 e. The molecule has 0 spiro atoms. The van der Waals surface area contributed by atoms with Crippen molar-refractivity contribution in [2.45, 2.75) is 25.2 Å². The van der Waals surface area contributed by atoms with Crippen LogP contribution in [0.1, 0.15) is 24.5 Å². The molecule has 0 saturated carbocycles. The number of ether oxygens (including phenoxy) is 2. The van der Waals surface area contributed by atoms with Crippen molar-refractivity contribution < 1.29 is 24.2 Å². The Morgan fingerprint density at radius 1 is 1.26 bits per heavy atom. The number of hydrogen-bond acceptors (Lipinski definition) is 7. The molecule has 3 rings (SSSR count). The molecular weight excluding hydrogens is 442 g/mol. The van der Waals surface area contributed by atoms with Gasteiger partial charge in [0, 0.05) is 10.6 Å². The van der Waals surface area contributed by atoms with Gasteiger partial charge in [-0.25, -0.2) is 0 Å². The van der Waals surface area contributed by atoms with Crippen LogP contribution in [0.3, 0.4) is 0 Å². The van der Waals surface area contributed by atoms with E-state index in [0.717, 1.165) is 17.3 Å². The fraction of sp³-hybridized carbons (Fsp3) is 0.238. The second kappa shape index (κ2) is 10.8. The summed E-state index contributed by atoms with van der Waals surface area (Å²) in [6, 6.07) is 12.8. The molecule has 2 N–H and O–H groups in total. The number of benzene rings is 2. The fourth-order valence-corrected chi connectivity index (χ4v) is 3.76. The molecule has 1 aliphatic rings. The Hall–Kier alpha value is -3.04. The van der Waals surface area contributed by atoms with Crippen molar-refractivity contribution >= 4 is 46.6 Å². The molecule has 1 fully saturated rings. The average Bonchev–Trinajstić information content (AvgIpc) is 3.07. The molecule has 2 aromatic rings. The van der Waals surface area contributed by atoms with Crippen molar-refractivity contribution in [2.75, 3.05) is 6.61 Å². The molecule has 1 atom stereocenters. The minimum absolute atomic E-state index is 0.261. The van der Waals surface area contributed by atoms with Gasteiger partial charge < -0.3 is 19.9 Å². The summed E-state index contributed by atoms with van der Waals surface area (Å²) in [7, 11) is 0. The number of rotatable bonds is 9. The minimum Gasteiger partial charge on any atom is -0.490 e. The smallest absolute Gasteiger partial charge is 0.305 e. The standard InChI is InChI=1S/C21H20ClN3O5S/c1-2-29-17-9-13(7-8-16(17)30-12-14-5-3-4-6-15(14)22)11-23-25-21-24-20(28)18(31-21)10-19(26)27/h3-9,11,18H,2,10,12H2,1H3,(H,26,27)(H,24,25,28). The molecule has 31 heavy (non-hydrogen) atoms. The number of carboxylic acid groups (broad SMARTS) is 1. The first-order valence-corrected chi connectivity index (χ1v) is 10.7. The summed E-state index contributed by atoms with van der Waals surface area (Å²) in [6.07, 6.45) is 1.23. The van der Waals surface area contributed by atoms with Crippen LogP contribution in [0, 0.1) is 0 Å². The van der Waals surface area contributed by atoms with Gasteiger partial charge in [-0.15, -0.1) is 5.10 Å². The number of carbonyl (C=O) groups is 2. The Bertz CT molecular complexity index is 1030. The van der Waals surface area contributed by atoms with Crippen LogP contribution < -0.4 is 14.8 Å². The molecular formula is C21H20ClN3O5S. The Labute approximate surface area is 188 Å². The van der Waals surface area contributed by atoms with E-state index >= 15 is 0 Å². The van der Waals surface area contributed by atoms with E-state index < -0.39 is 11.2 Å². The van der Waals surface area contributed by atoms with Gasteiger partial charge in [-0.1, -0.05) is 41.6 Å². The maximum atomic E-state index is 11.7. The van der Waals surface area contributed by atoms with Crippen LogP contribution in [0.15, 0.2) is 52.7 Å². The van der Waals surface area contributed by atoms with Crippen molar-refractivity contribution in [3.63, 3.8) is 0 Å². The summed E-state index contributed by atoms with van der Waals surface area (Å²) in [4.78, 5) is 22.5. The van der Waals surface area contributed by atoms with Crippen molar-refractivity contribution in [3.8, 4) is 11.5 Å². The molecule has 2 aromatic carbocycles. The van der Waals surface area contributed by atoms with E-state index in [2.05, 4.69) is 15.5 Å². The molecule has 0 aliphatic carbocycles. The van der Waals surface area contributed by atoms with Crippen molar-refractivity contribution in [1.29, 1.82) is 0 Å². The zero-order valence-corrected chi connectivity index (χ0v) is 18.2. The van der Waals surface area contributed by atoms with Gasteiger partial charge >= 0.3 is 5.97 Å². The average molecular weight is 462 g/mol. The highest BCUT2D eigenvalue weighted by atomic mass is 35.5.